The van der Waals surface area contributed by atoms with Crippen molar-refractivity contribution in [2.75, 3.05) is 25.2 Å². The Morgan fingerprint density at radius 3 is 2.55 bits per heavy atom. The van der Waals surface area contributed by atoms with E-state index in [9.17, 15) is 18.0 Å². The zero-order valence-corrected chi connectivity index (χ0v) is 23.1. The maximum atomic E-state index is 13.7. The predicted octanol–water partition coefficient (Wildman–Crippen LogP) is 7.14. The van der Waals surface area contributed by atoms with Crippen molar-refractivity contribution in [2.24, 2.45) is 5.41 Å². The smallest absolute Gasteiger partial charge is 0.434 e. The first-order valence-corrected chi connectivity index (χ1v) is 13.5. The number of carbonyl (C=O) groups excluding carboxylic acids is 1. The van der Waals surface area contributed by atoms with Crippen LogP contribution in [0.1, 0.15) is 55.1 Å². The summed E-state index contributed by atoms with van der Waals surface area (Å²) in [7, 11) is 1.56. The third kappa shape index (κ3) is 5.86. The van der Waals surface area contributed by atoms with E-state index in [0.717, 1.165) is 22.3 Å². The minimum absolute atomic E-state index is 0.0319. The first kappa shape index (κ1) is 27.6. The van der Waals surface area contributed by atoms with Crippen LogP contribution in [0, 0.1) is 5.41 Å². The van der Waals surface area contributed by atoms with Crippen molar-refractivity contribution in [3.8, 4) is 11.5 Å². The highest BCUT2D eigenvalue weighted by molar-refractivity contribution is 7.15. The number of amides is 1. The molecule has 4 rings (SSSR count). The minimum Gasteiger partial charge on any atom is -0.493 e. The topological polar surface area (TPSA) is 69.0 Å². The van der Waals surface area contributed by atoms with Crippen LogP contribution in [0.5, 0.6) is 11.5 Å². The van der Waals surface area contributed by atoms with Gasteiger partial charge in [-0.15, -0.1) is 22.7 Å². The molecule has 3 aromatic heterocycles. The summed E-state index contributed by atoms with van der Waals surface area (Å²) < 4.78 is 52.7. The number of methoxy groups -OCH3 is 1. The van der Waals surface area contributed by atoms with Crippen LogP contribution in [0.2, 0.25) is 0 Å². The number of imidazole rings is 1. The number of benzene rings is 1. The van der Waals surface area contributed by atoms with Gasteiger partial charge in [0, 0.05) is 29.1 Å². The van der Waals surface area contributed by atoms with Crippen LogP contribution in [0.15, 0.2) is 35.2 Å². The molecule has 0 aliphatic rings. The summed E-state index contributed by atoms with van der Waals surface area (Å²) in [6.45, 7) is 8.46. The van der Waals surface area contributed by atoms with Crippen molar-refractivity contribution in [3.05, 3.63) is 57.8 Å². The van der Waals surface area contributed by atoms with Crippen LogP contribution >= 0.6 is 22.7 Å². The molecule has 7 nitrogen and oxygen atoms in total. The second-order valence-electron chi connectivity index (χ2n) is 9.53. The molecule has 1 amide bonds. The van der Waals surface area contributed by atoms with Crippen LogP contribution in [-0.4, -0.2) is 40.5 Å². The number of anilines is 1. The molecule has 4 aromatic rings. The van der Waals surface area contributed by atoms with E-state index in [1.165, 1.54) is 16.2 Å². The van der Waals surface area contributed by atoms with E-state index in [0.29, 0.717) is 28.8 Å². The third-order valence-electron chi connectivity index (χ3n) is 5.37. The largest absolute Gasteiger partial charge is 0.493 e. The molecule has 0 unspecified atom stereocenters. The molecule has 0 fully saturated rings. The molecule has 0 spiro atoms. The maximum absolute atomic E-state index is 13.7. The molecule has 38 heavy (non-hydrogen) atoms. The molecule has 0 aliphatic heterocycles. The number of carbonyl (C=O) groups is 1. The average molecular weight is 565 g/mol. The molecule has 0 bridgehead atoms. The fourth-order valence-electron chi connectivity index (χ4n) is 3.58. The molecule has 202 valence electrons. The summed E-state index contributed by atoms with van der Waals surface area (Å²) >= 11 is 2.11. The SMILES string of the molecule is CCN(C(=O)c1c(/C=C/c2cccc(OC)c2OCC(C)(C)C)nc2sccn12)c1nc(C(F)(F)F)cs1. The van der Waals surface area contributed by atoms with Gasteiger partial charge in [-0.25, -0.2) is 9.97 Å². The molecule has 3 heterocycles. The summed E-state index contributed by atoms with van der Waals surface area (Å²) in [5.74, 6) is 0.628. The lowest BCUT2D eigenvalue weighted by molar-refractivity contribution is -0.140. The van der Waals surface area contributed by atoms with Gasteiger partial charge in [0.2, 0.25) is 0 Å². The number of nitrogens with zero attached hydrogens (tertiary/aromatic N) is 4. The van der Waals surface area contributed by atoms with E-state index in [-0.39, 0.29) is 22.8 Å². The number of ether oxygens (including phenoxy) is 2. The first-order valence-electron chi connectivity index (χ1n) is 11.7. The highest BCUT2D eigenvalue weighted by atomic mass is 32.1. The third-order valence-corrected chi connectivity index (χ3v) is 6.99. The van der Waals surface area contributed by atoms with Crippen LogP contribution < -0.4 is 14.4 Å². The molecule has 0 saturated heterocycles. The molecule has 0 atom stereocenters. The van der Waals surface area contributed by atoms with Crippen LogP contribution in [0.4, 0.5) is 18.3 Å². The first-order chi connectivity index (χ1) is 17.9. The van der Waals surface area contributed by atoms with Crippen molar-refractivity contribution in [2.45, 2.75) is 33.9 Å². The molecule has 0 radical (unpaired) electrons. The highest BCUT2D eigenvalue weighted by Crippen LogP contribution is 2.35. The van der Waals surface area contributed by atoms with Gasteiger partial charge in [0.15, 0.2) is 27.3 Å². The highest BCUT2D eigenvalue weighted by Gasteiger charge is 2.35. The van der Waals surface area contributed by atoms with Gasteiger partial charge in [0.1, 0.15) is 5.69 Å². The molecular formula is C26H27F3N4O3S2. The number of thiazole rings is 2. The van der Waals surface area contributed by atoms with Crippen molar-refractivity contribution in [1.29, 1.82) is 0 Å². The van der Waals surface area contributed by atoms with Crippen molar-refractivity contribution >= 4 is 50.8 Å². The average Bonchev–Trinajstić information content (AvgIpc) is 3.57. The zero-order chi connectivity index (χ0) is 27.7. The van der Waals surface area contributed by atoms with E-state index in [1.54, 1.807) is 48.2 Å². The molecule has 0 N–H and O–H groups in total. The summed E-state index contributed by atoms with van der Waals surface area (Å²) in [4.78, 5) is 23.8. The standard InChI is InChI=1S/C26H27F3N4O3S2/c1-6-32(24-31-19(14-38-24)26(27,28)29)22(34)20-17(30-23-33(20)12-13-37-23)11-10-16-8-7-9-18(35-5)21(16)36-15-25(2,3)4/h7-14H,6,15H2,1-5H3/b11-10+. The Morgan fingerprint density at radius 2 is 1.92 bits per heavy atom. The van der Waals surface area contributed by atoms with Gasteiger partial charge < -0.3 is 9.47 Å². The number of alkyl halides is 3. The zero-order valence-electron chi connectivity index (χ0n) is 21.5. The Bertz CT molecular complexity index is 1460. The lowest BCUT2D eigenvalue weighted by Gasteiger charge is -2.21. The molecular weight excluding hydrogens is 537 g/mol. The fraction of sp³-hybridized carbons (Fsp3) is 0.346. The van der Waals surface area contributed by atoms with Crippen LogP contribution in [-0.2, 0) is 6.18 Å². The van der Waals surface area contributed by atoms with Crippen molar-refractivity contribution in [1.82, 2.24) is 14.4 Å². The van der Waals surface area contributed by atoms with E-state index >= 15 is 0 Å². The number of para-hydroxylation sites is 1. The number of fused-ring (bicyclic) bond motifs is 1. The quantitative estimate of drug-likeness (QED) is 0.228. The summed E-state index contributed by atoms with van der Waals surface area (Å²) in [6, 6.07) is 5.50. The lowest BCUT2D eigenvalue weighted by Crippen LogP contribution is -2.32. The number of hydrogen-bond acceptors (Lipinski definition) is 7. The molecule has 12 heteroatoms. The Morgan fingerprint density at radius 1 is 1.16 bits per heavy atom. The van der Waals surface area contributed by atoms with Gasteiger partial charge in [0.05, 0.1) is 19.4 Å². The second-order valence-corrected chi connectivity index (χ2v) is 11.2. The molecule has 1 aromatic carbocycles. The Balaban J connectivity index is 1.73. The maximum Gasteiger partial charge on any atom is 0.434 e. The molecule has 0 saturated carbocycles. The number of rotatable bonds is 8. The van der Waals surface area contributed by atoms with E-state index in [2.05, 4.69) is 30.7 Å². The fourth-order valence-corrected chi connectivity index (χ4v) is 5.19. The Hall–Kier alpha value is -3.38. The van der Waals surface area contributed by atoms with Gasteiger partial charge in [-0.3, -0.25) is 14.1 Å². The number of hydrogen-bond donors (Lipinski definition) is 0. The normalized spacial score (nSPS) is 12.4. The van der Waals surface area contributed by atoms with Crippen LogP contribution in [0.3, 0.4) is 0 Å². The number of halogens is 3. The minimum atomic E-state index is -4.59. The van der Waals surface area contributed by atoms with Crippen molar-refractivity contribution in [3.63, 3.8) is 0 Å². The van der Waals surface area contributed by atoms with Gasteiger partial charge >= 0.3 is 6.18 Å². The van der Waals surface area contributed by atoms with Crippen molar-refractivity contribution < 1.29 is 27.4 Å². The number of aromatic nitrogens is 3. The van der Waals surface area contributed by atoms with Crippen LogP contribution in [0.25, 0.3) is 17.1 Å². The van der Waals surface area contributed by atoms with Gasteiger partial charge in [0.25, 0.3) is 5.91 Å². The lowest BCUT2D eigenvalue weighted by atomic mass is 9.98. The predicted molar refractivity (Wildman–Crippen MR) is 144 cm³/mol. The molecule has 0 aliphatic carbocycles. The summed E-state index contributed by atoms with van der Waals surface area (Å²) in [5, 5.41) is 2.66. The van der Waals surface area contributed by atoms with E-state index in [1.807, 2.05) is 12.1 Å². The van der Waals surface area contributed by atoms with Gasteiger partial charge in [-0.1, -0.05) is 32.9 Å². The van der Waals surface area contributed by atoms with E-state index < -0.39 is 17.8 Å². The Kier molecular flexibility index (Phi) is 7.84. The van der Waals surface area contributed by atoms with E-state index in [4.69, 9.17) is 9.47 Å². The van der Waals surface area contributed by atoms with Gasteiger partial charge in [-0.05, 0) is 30.6 Å². The second kappa shape index (κ2) is 10.8. The van der Waals surface area contributed by atoms with Gasteiger partial charge in [-0.2, -0.15) is 13.2 Å². The Labute approximate surface area is 226 Å². The summed E-state index contributed by atoms with van der Waals surface area (Å²) in [6.07, 6.45) is 0.595. The monoisotopic (exact) mass is 564 g/mol. The summed E-state index contributed by atoms with van der Waals surface area (Å²) in [5.41, 5.74) is 0.214.